The van der Waals surface area contributed by atoms with E-state index in [0.717, 1.165) is 17.7 Å². The highest BCUT2D eigenvalue weighted by Gasteiger charge is 2.48. The molecule has 3 aliphatic rings. The van der Waals surface area contributed by atoms with E-state index in [0.29, 0.717) is 36.8 Å². The van der Waals surface area contributed by atoms with Gasteiger partial charge in [0.05, 0.1) is 5.56 Å². The van der Waals surface area contributed by atoms with Gasteiger partial charge in [-0.15, -0.1) is 11.3 Å². The number of piperidine rings is 1. The van der Waals surface area contributed by atoms with Crippen molar-refractivity contribution in [2.45, 2.75) is 56.7 Å². The minimum atomic E-state index is -0.150. The summed E-state index contributed by atoms with van der Waals surface area (Å²) in [6.45, 7) is 0. The molecule has 3 saturated heterocycles. The number of fused-ring (bicyclic) bond motifs is 2. The van der Waals surface area contributed by atoms with Gasteiger partial charge in [-0.3, -0.25) is 24.1 Å². The van der Waals surface area contributed by atoms with Crippen LogP contribution in [0, 0.1) is 0 Å². The Hall–Kier alpha value is -2.74. The second-order valence-electron chi connectivity index (χ2n) is 8.41. The molecule has 5 rings (SSSR count). The highest BCUT2D eigenvalue weighted by molar-refractivity contribution is 7.13. The van der Waals surface area contributed by atoms with Crippen molar-refractivity contribution >= 4 is 29.1 Å². The first-order valence-electron chi connectivity index (χ1n) is 10.4. The molecule has 5 heterocycles. The van der Waals surface area contributed by atoms with Gasteiger partial charge in [0.2, 0.25) is 11.8 Å². The summed E-state index contributed by atoms with van der Waals surface area (Å²) in [6, 6.07) is 5.28. The lowest BCUT2D eigenvalue weighted by molar-refractivity contribution is -0.142. The van der Waals surface area contributed by atoms with Crippen LogP contribution >= 0.6 is 11.3 Å². The number of rotatable bonds is 3. The third-order valence-corrected chi connectivity index (χ3v) is 7.55. The predicted octanol–water partition coefficient (Wildman–Crippen LogP) is 2.40. The summed E-state index contributed by atoms with van der Waals surface area (Å²) >= 11 is 1.50. The Labute approximate surface area is 177 Å². The van der Waals surface area contributed by atoms with Crippen molar-refractivity contribution in [2.75, 3.05) is 0 Å². The lowest BCUT2D eigenvalue weighted by atomic mass is 9.94. The monoisotopic (exact) mass is 425 g/mol. The Bertz CT molecular complexity index is 1060. The zero-order valence-electron chi connectivity index (χ0n) is 16.7. The maximum absolute atomic E-state index is 13.7. The van der Waals surface area contributed by atoms with Crippen LogP contribution < -0.4 is 5.56 Å². The number of imide groups is 1. The average Bonchev–Trinajstić information content (AvgIpc) is 3.42. The van der Waals surface area contributed by atoms with Crippen molar-refractivity contribution < 1.29 is 14.4 Å². The normalized spacial score (nSPS) is 26.0. The molecule has 2 atom stereocenters. The Balaban J connectivity index is 1.46. The van der Waals surface area contributed by atoms with Gasteiger partial charge in [0.15, 0.2) is 0 Å². The maximum Gasteiger partial charge on any atom is 0.256 e. The van der Waals surface area contributed by atoms with E-state index in [-0.39, 0.29) is 41.4 Å². The molecule has 0 spiro atoms. The molecule has 2 aromatic rings. The standard InChI is InChI=1S/C22H23N3O4S/c1-23-12-17(16(11-21(23)28)18-3-2-8-30-18)22(29)24-13-4-5-14(24)10-15(9-13)25-19(26)6-7-20(25)27/h2-3,8,11-15H,4-7,9-10H2,1H3. The summed E-state index contributed by atoms with van der Waals surface area (Å²) in [5.41, 5.74) is 1.05. The largest absolute Gasteiger partial charge is 0.332 e. The lowest BCUT2D eigenvalue weighted by Gasteiger charge is -2.41. The van der Waals surface area contributed by atoms with E-state index >= 15 is 0 Å². The van der Waals surface area contributed by atoms with Gasteiger partial charge in [-0.25, -0.2) is 0 Å². The van der Waals surface area contributed by atoms with Crippen LogP contribution in [0.1, 0.15) is 48.9 Å². The van der Waals surface area contributed by atoms with E-state index < -0.39 is 0 Å². The molecule has 3 amide bonds. The molecule has 0 saturated carbocycles. The molecule has 0 aromatic carbocycles. The molecule has 156 valence electrons. The second kappa shape index (κ2) is 7.19. The van der Waals surface area contributed by atoms with Gasteiger partial charge in [-0.05, 0) is 37.1 Å². The van der Waals surface area contributed by atoms with Crippen molar-refractivity contribution in [2.24, 2.45) is 7.05 Å². The van der Waals surface area contributed by atoms with Gasteiger partial charge in [0.25, 0.3) is 11.5 Å². The predicted molar refractivity (Wildman–Crippen MR) is 112 cm³/mol. The Kier molecular flexibility index (Phi) is 4.61. The molecule has 3 aliphatic heterocycles. The van der Waals surface area contributed by atoms with Crippen LogP contribution in [0.4, 0.5) is 0 Å². The molecular weight excluding hydrogens is 402 g/mol. The maximum atomic E-state index is 13.7. The molecule has 2 bridgehead atoms. The van der Waals surface area contributed by atoms with E-state index in [1.807, 2.05) is 22.4 Å². The molecule has 2 aromatic heterocycles. The Morgan fingerprint density at radius 3 is 2.30 bits per heavy atom. The zero-order chi connectivity index (χ0) is 21.0. The van der Waals surface area contributed by atoms with Crippen molar-refractivity contribution in [3.8, 4) is 10.4 Å². The summed E-state index contributed by atoms with van der Waals surface area (Å²) < 4.78 is 1.45. The van der Waals surface area contributed by atoms with Crippen LogP contribution in [0.3, 0.4) is 0 Å². The number of hydrogen-bond donors (Lipinski definition) is 0. The van der Waals surface area contributed by atoms with Gasteiger partial charge < -0.3 is 9.47 Å². The van der Waals surface area contributed by atoms with E-state index in [4.69, 9.17) is 0 Å². The number of carbonyl (C=O) groups excluding carboxylic acids is 3. The van der Waals surface area contributed by atoms with E-state index in [2.05, 4.69) is 0 Å². The van der Waals surface area contributed by atoms with Crippen LogP contribution in [-0.2, 0) is 16.6 Å². The molecule has 30 heavy (non-hydrogen) atoms. The molecule has 0 radical (unpaired) electrons. The fourth-order valence-corrected chi connectivity index (χ4v) is 6.02. The average molecular weight is 426 g/mol. The number of thiophene rings is 1. The molecular formula is C22H23N3O4S. The molecule has 3 fully saturated rings. The van der Waals surface area contributed by atoms with Gasteiger partial charge in [0.1, 0.15) is 0 Å². The first kappa shape index (κ1) is 19.2. The van der Waals surface area contributed by atoms with E-state index in [1.165, 1.54) is 26.9 Å². The quantitative estimate of drug-likeness (QED) is 0.708. The molecule has 8 heteroatoms. The van der Waals surface area contributed by atoms with Crippen LogP contribution in [-0.4, -0.2) is 50.2 Å². The highest BCUT2D eigenvalue weighted by atomic mass is 32.1. The summed E-state index contributed by atoms with van der Waals surface area (Å²) in [7, 11) is 1.66. The fourth-order valence-electron chi connectivity index (χ4n) is 5.27. The van der Waals surface area contributed by atoms with E-state index in [9.17, 15) is 19.2 Å². The first-order valence-corrected chi connectivity index (χ1v) is 11.2. The number of likely N-dealkylation sites (tertiary alicyclic amines) is 1. The summed E-state index contributed by atoms with van der Waals surface area (Å²) in [5, 5.41) is 1.93. The fraction of sp³-hybridized carbons (Fsp3) is 0.455. The summed E-state index contributed by atoms with van der Waals surface area (Å²) in [4.78, 5) is 54.6. The smallest absolute Gasteiger partial charge is 0.256 e. The van der Waals surface area contributed by atoms with Gasteiger partial charge in [0, 0.05) is 60.7 Å². The Morgan fingerprint density at radius 2 is 1.70 bits per heavy atom. The molecule has 0 N–H and O–H groups in total. The Morgan fingerprint density at radius 1 is 1.03 bits per heavy atom. The number of nitrogens with zero attached hydrogens (tertiary/aromatic N) is 3. The number of amides is 3. The molecule has 7 nitrogen and oxygen atoms in total. The number of pyridine rings is 1. The topological polar surface area (TPSA) is 79.7 Å². The van der Waals surface area contributed by atoms with Gasteiger partial charge in [-0.2, -0.15) is 0 Å². The number of aryl methyl sites for hydroxylation is 1. The third-order valence-electron chi connectivity index (χ3n) is 6.64. The highest BCUT2D eigenvalue weighted by Crippen LogP contribution is 2.40. The SMILES string of the molecule is Cn1cc(C(=O)N2C3CCC2CC(N2C(=O)CCC2=O)C3)c(-c2cccs2)cc1=O. The summed E-state index contributed by atoms with van der Waals surface area (Å²) in [5.74, 6) is -0.233. The van der Waals surface area contributed by atoms with Gasteiger partial charge >= 0.3 is 0 Å². The van der Waals surface area contributed by atoms with E-state index in [1.54, 1.807) is 13.2 Å². The second-order valence-corrected chi connectivity index (χ2v) is 9.36. The van der Waals surface area contributed by atoms with Crippen LogP contribution in [0.15, 0.2) is 34.6 Å². The first-order chi connectivity index (χ1) is 14.4. The van der Waals surface area contributed by atoms with Crippen molar-refractivity contribution in [1.82, 2.24) is 14.4 Å². The van der Waals surface area contributed by atoms with Crippen LogP contribution in [0.25, 0.3) is 10.4 Å². The molecule has 2 unspecified atom stereocenters. The van der Waals surface area contributed by atoms with Crippen molar-refractivity contribution in [1.29, 1.82) is 0 Å². The lowest BCUT2D eigenvalue weighted by Crippen LogP contribution is -2.53. The van der Waals surface area contributed by atoms with Crippen LogP contribution in [0.5, 0.6) is 0 Å². The minimum Gasteiger partial charge on any atom is -0.332 e. The van der Waals surface area contributed by atoms with Crippen molar-refractivity contribution in [3.63, 3.8) is 0 Å². The number of aromatic nitrogens is 1. The third kappa shape index (κ3) is 3.01. The zero-order valence-corrected chi connectivity index (χ0v) is 17.6. The number of hydrogen-bond acceptors (Lipinski definition) is 5. The number of carbonyl (C=O) groups is 3. The van der Waals surface area contributed by atoms with Crippen LogP contribution in [0.2, 0.25) is 0 Å². The minimum absolute atomic E-state index is 0.0101. The van der Waals surface area contributed by atoms with Crippen molar-refractivity contribution in [3.05, 3.63) is 45.7 Å². The van der Waals surface area contributed by atoms with Gasteiger partial charge in [-0.1, -0.05) is 6.07 Å². The summed E-state index contributed by atoms with van der Waals surface area (Å²) in [6.07, 6.45) is 5.27. The molecule has 0 aliphatic carbocycles.